The topological polar surface area (TPSA) is 41.1 Å². The third-order valence-corrected chi connectivity index (χ3v) is 3.72. The SMILES string of the molecule is Cc1ccc(CNCCC(=O)NCc2ccccc2C)cc1. The Hall–Kier alpha value is -2.13. The number of benzene rings is 2. The second-order valence-corrected chi connectivity index (χ2v) is 5.62. The zero-order valence-corrected chi connectivity index (χ0v) is 13.4. The van der Waals surface area contributed by atoms with Gasteiger partial charge in [0.1, 0.15) is 0 Å². The standard InChI is InChI=1S/C19H24N2O/c1-15-7-9-17(10-8-15)13-20-12-11-19(22)21-14-18-6-4-3-5-16(18)2/h3-10,20H,11-14H2,1-2H3,(H,21,22). The molecule has 0 heterocycles. The van der Waals surface area contributed by atoms with Crippen LogP contribution in [0.4, 0.5) is 0 Å². The maximum Gasteiger partial charge on any atom is 0.221 e. The largest absolute Gasteiger partial charge is 0.352 e. The zero-order chi connectivity index (χ0) is 15.8. The first-order valence-corrected chi connectivity index (χ1v) is 7.72. The van der Waals surface area contributed by atoms with E-state index in [1.54, 1.807) is 0 Å². The number of carbonyl (C=O) groups excluding carboxylic acids is 1. The predicted molar refractivity (Wildman–Crippen MR) is 90.5 cm³/mol. The summed E-state index contributed by atoms with van der Waals surface area (Å²) < 4.78 is 0. The van der Waals surface area contributed by atoms with E-state index in [1.165, 1.54) is 22.3 Å². The Morgan fingerprint density at radius 2 is 1.68 bits per heavy atom. The molecule has 0 bridgehead atoms. The maximum absolute atomic E-state index is 11.8. The highest BCUT2D eigenvalue weighted by Crippen LogP contribution is 2.06. The van der Waals surface area contributed by atoms with Crippen LogP contribution in [0.15, 0.2) is 48.5 Å². The minimum absolute atomic E-state index is 0.0830. The van der Waals surface area contributed by atoms with E-state index in [9.17, 15) is 4.79 Å². The zero-order valence-electron chi connectivity index (χ0n) is 13.4. The maximum atomic E-state index is 11.8. The fourth-order valence-electron chi connectivity index (χ4n) is 2.23. The lowest BCUT2D eigenvalue weighted by atomic mass is 10.1. The van der Waals surface area contributed by atoms with Crippen molar-refractivity contribution in [1.29, 1.82) is 0 Å². The van der Waals surface area contributed by atoms with Crippen LogP contribution in [0.5, 0.6) is 0 Å². The van der Waals surface area contributed by atoms with Gasteiger partial charge >= 0.3 is 0 Å². The van der Waals surface area contributed by atoms with Gasteiger partial charge in [-0.1, -0.05) is 54.1 Å². The Labute approximate surface area is 132 Å². The van der Waals surface area contributed by atoms with Gasteiger partial charge in [0.15, 0.2) is 0 Å². The van der Waals surface area contributed by atoms with Gasteiger partial charge in [-0.25, -0.2) is 0 Å². The smallest absolute Gasteiger partial charge is 0.221 e. The second kappa shape index (κ2) is 8.35. The molecule has 2 aromatic rings. The first-order valence-electron chi connectivity index (χ1n) is 7.72. The fraction of sp³-hybridized carbons (Fsp3) is 0.316. The number of hydrogen-bond acceptors (Lipinski definition) is 2. The molecule has 22 heavy (non-hydrogen) atoms. The molecule has 0 saturated carbocycles. The van der Waals surface area contributed by atoms with E-state index in [0.717, 1.165) is 6.54 Å². The summed E-state index contributed by atoms with van der Waals surface area (Å²) in [6.07, 6.45) is 0.498. The molecule has 0 aliphatic heterocycles. The van der Waals surface area contributed by atoms with Crippen LogP contribution in [0, 0.1) is 13.8 Å². The first kappa shape index (κ1) is 16.2. The molecule has 0 spiro atoms. The number of amides is 1. The summed E-state index contributed by atoms with van der Waals surface area (Å²) in [5, 5.41) is 6.27. The number of carbonyl (C=O) groups is 1. The van der Waals surface area contributed by atoms with Gasteiger partial charge in [0.2, 0.25) is 5.91 Å². The van der Waals surface area contributed by atoms with E-state index in [2.05, 4.69) is 54.8 Å². The monoisotopic (exact) mass is 296 g/mol. The summed E-state index contributed by atoms with van der Waals surface area (Å²) in [6, 6.07) is 16.5. The van der Waals surface area contributed by atoms with Crippen LogP contribution in [0.1, 0.15) is 28.7 Å². The lowest BCUT2D eigenvalue weighted by molar-refractivity contribution is -0.121. The lowest BCUT2D eigenvalue weighted by Crippen LogP contribution is -2.27. The van der Waals surface area contributed by atoms with Crippen LogP contribution < -0.4 is 10.6 Å². The molecule has 0 radical (unpaired) electrons. The summed E-state index contributed by atoms with van der Waals surface area (Å²) >= 11 is 0. The molecule has 2 aromatic carbocycles. The summed E-state index contributed by atoms with van der Waals surface area (Å²) in [6.45, 7) is 6.23. The molecule has 116 valence electrons. The lowest BCUT2D eigenvalue weighted by Gasteiger charge is -2.08. The molecule has 3 nitrogen and oxygen atoms in total. The number of hydrogen-bond donors (Lipinski definition) is 2. The quantitative estimate of drug-likeness (QED) is 0.771. The highest BCUT2D eigenvalue weighted by atomic mass is 16.1. The molecule has 0 aliphatic rings. The number of rotatable bonds is 7. The van der Waals surface area contributed by atoms with Crippen molar-refractivity contribution in [2.24, 2.45) is 0 Å². The van der Waals surface area contributed by atoms with Crippen molar-refractivity contribution in [3.05, 3.63) is 70.8 Å². The molecular formula is C19H24N2O. The average molecular weight is 296 g/mol. The summed E-state index contributed by atoms with van der Waals surface area (Å²) in [4.78, 5) is 11.8. The summed E-state index contributed by atoms with van der Waals surface area (Å²) in [5.41, 5.74) is 4.88. The average Bonchev–Trinajstić information content (AvgIpc) is 2.52. The molecule has 2 rings (SSSR count). The fourth-order valence-corrected chi connectivity index (χ4v) is 2.23. The van der Waals surface area contributed by atoms with Crippen LogP contribution in [-0.4, -0.2) is 12.5 Å². The van der Waals surface area contributed by atoms with Crippen molar-refractivity contribution in [2.45, 2.75) is 33.4 Å². The number of aryl methyl sites for hydroxylation is 2. The Kier molecular flexibility index (Phi) is 6.16. The minimum Gasteiger partial charge on any atom is -0.352 e. The normalized spacial score (nSPS) is 10.5. The van der Waals surface area contributed by atoms with Crippen LogP contribution in [0.25, 0.3) is 0 Å². The van der Waals surface area contributed by atoms with E-state index < -0.39 is 0 Å². The van der Waals surface area contributed by atoms with Crippen LogP contribution in [0.3, 0.4) is 0 Å². The molecule has 0 aliphatic carbocycles. The van der Waals surface area contributed by atoms with Crippen molar-refractivity contribution in [3.8, 4) is 0 Å². The van der Waals surface area contributed by atoms with Crippen LogP contribution in [-0.2, 0) is 17.9 Å². The Bertz CT molecular complexity index is 605. The van der Waals surface area contributed by atoms with Crippen molar-refractivity contribution in [3.63, 3.8) is 0 Å². The minimum atomic E-state index is 0.0830. The third kappa shape index (κ3) is 5.34. The van der Waals surface area contributed by atoms with E-state index in [0.29, 0.717) is 19.5 Å². The highest BCUT2D eigenvalue weighted by molar-refractivity contribution is 5.76. The molecule has 0 atom stereocenters. The number of nitrogens with one attached hydrogen (secondary N) is 2. The van der Waals surface area contributed by atoms with Gasteiger partial charge in [-0.3, -0.25) is 4.79 Å². The van der Waals surface area contributed by atoms with Gasteiger partial charge in [0, 0.05) is 26.1 Å². The summed E-state index contributed by atoms with van der Waals surface area (Å²) in [5.74, 6) is 0.0830. The predicted octanol–water partition coefficient (Wildman–Crippen LogP) is 3.10. The van der Waals surface area contributed by atoms with Crippen LogP contribution in [0.2, 0.25) is 0 Å². The van der Waals surface area contributed by atoms with Crippen molar-refractivity contribution in [2.75, 3.05) is 6.54 Å². The van der Waals surface area contributed by atoms with Gasteiger partial charge < -0.3 is 10.6 Å². The molecule has 0 unspecified atom stereocenters. The molecule has 0 saturated heterocycles. The third-order valence-electron chi connectivity index (χ3n) is 3.72. The van der Waals surface area contributed by atoms with Gasteiger partial charge in [-0.15, -0.1) is 0 Å². The van der Waals surface area contributed by atoms with Gasteiger partial charge in [-0.2, -0.15) is 0 Å². The molecule has 2 N–H and O–H groups in total. The van der Waals surface area contributed by atoms with Gasteiger partial charge in [0.05, 0.1) is 0 Å². The Morgan fingerprint density at radius 3 is 2.41 bits per heavy atom. The van der Waals surface area contributed by atoms with Crippen molar-refractivity contribution < 1.29 is 4.79 Å². The Balaban J connectivity index is 1.64. The van der Waals surface area contributed by atoms with E-state index in [4.69, 9.17) is 0 Å². The van der Waals surface area contributed by atoms with Gasteiger partial charge in [-0.05, 0) is 30.5 Å². The highest BCUT2D eigenvalue weighted by Gasteiger charge is 2.02. The molecule has 3 heteroatoms. The van der Waals surface area contributed by atoms with Crippen LogP contribution >= 0.6 is 0 Å². The van der Waals surface area contributed by atoms with Gasteiger partial charge in [0.25, 0.3) is 0 Å². The van der Waals surface area contributed by atoms with Crippen molar-refractivity contribution in [1.82, 2.24) is 10.6 Å². The van der Waals surface area contributed by atoms with E-state index in [-0.39, 0.29) is 5.91 Å². The Morgan fingerprint density at radius 1 is 0.955 bits per heavy atom. The summed E-state index contributed by atoms with van der Waals surface area (Å²) in [7, 11) is 0. The van der Waals surface area contributed by atoms with E-state index >= 15 is 0 Å². The van der Waals surface area contributed by atoms with E-state index in [1.807, 2.05) is 18.2 Å². The molecule has 0 aromatic heterocycles. The molecule has 0 fully saturated rings. The second-order valence-electron chi connectivity index (χ2n) is 5.62. The first-order chi connectivity index (χ1) is 10.6. The molecular weight excluding hydrogens is 272 g/mol. The van der Waals surface area contributed by atoms with Crippen molar-refractivity contribution >= 4 is 5.91 Å². The molecule has 1 amide bonds.